The topological polar surface area (TPSA) is 84.7 Å². The zero-order valence-corrected chi connectivity index (χ0v) is 15.6. The lowest BCUT2D eigenvalue weighted by molar-refractivity contribution is -0.274. The summed E-state index contributed by atoms with van der Waals surface area (Å²) in [5.74, 6) is -2.16. The molecule has 2 aromatic carbocycles. The number of hydrogen-bond acceptors (Lipinski definition) is 7. The number of halogens is 7. The molecule has 0 unspecified atom stereocenters. The molecule has 1 heterocycles. The van der Waals surface area contributed by atoms with Crippen molar-refractivity contribution in [3.05, 3.63) is 65.7 Å². The van der Waals surface area contributed by atoms with E-state index in [1.807, 2.05) is 0 Å². The largest absolute Gasteiger partial charge is 0.573 e. The zero-order chi connectivity index (χ0) is 23.4. The van der Waals surface area contributed by atoms with Crippen molar-refractivity contribution in [3.63, 3.8) is 0 Å². The Labute approximate surface area is 175 Å². The van der Waals surface area contributed by atoms with Crippen LogP contribution >= 0.6 is 0 Å². The Balaban J connectivity index is 1.65. The Morgan fingerprint density at radius 3 is 2.31 bits per heavy atom. The lowest BCUT2D eigenvalue weighted by Gasteiger charge is -2.10. The molecule has 0 spiro atoms. The second kappa shape index (κ2) is 9.11. The molecule has 168 valence electrons. The van der Waals surface area contributed by atoms with E-state index in [9.17, 15) is 30.7 Å². The van der Waals surface area contributed by atoms with Crippen LogP contribution in [0.5, 0.6) is 5.75 Å². The maximum absolute atomic E-state index is 13.4. The number of rotatable bonds is 6. The van der Waals surface area contributed by atoms with E-state index in [4.69, 9.17) is 0 Å². The normalized spacial score (nSPS) is 12.2. The van der Waals surface area contributed by atoms with Crippen molar-refractivity contribution in [1.82, 2.24) is 15.0 Å². The quantitative estimate of drug-likeness (QED) is 0.363. The fraction of sp³-hybridized carbons (Fsp3) is 0.167. The van der Waals surface area contributed by atoms with Crippen molar-refractivity contribution >= 4 is 17.6 Å². The molecule has 0 amide bonds. The molecule has 0 radical (unpaired) electrons. The second-order valence-corrected chi connectivity index (χ2v) is 6.02. The minimum absolute atomic E-state index is 0.0202. The standard InChI is InChI=1S/C18H11F7N6O/c19-14-6-3-11(7-13(14)17(20,21)22)29-15-26-9-27-16(30-15)31-28-8-10-1-4-12(5-2-10)32-18(23,24)25/h1-7,9H,8H2,(H,26,27,29,30). The molecule has 14 heteroatoms. The summed E-state index contributed by atoms with van der Waals surface area (Å²) in [6, 6.07) is 7.22. The summed E-state index contributed by atoms with van der Waals surface area (Å²) < 4.78 is 92.0. The maximum Gasteiger partial charge on any atom is 0.573 e. The fourth-order valence-electron chi connectivity index (χ4n) is 2.32. The van der Waals surface area contributed by atoms with Crippen LogP contribution in [0.3, 0.4) is 0 Å². The maximum atomic E-state index is 13.4. The molecule has 3 aromatic rings. The predicted molar refractivity (Wildman–Crippen MR) is 95.9 cm³/mol. The van der Waals surface area contributed by atoms with E-state index in [1.54, 1.807) is 0 Å². The minimum Gasteiger partial charge on any atom is -0.406 e. The van der Waals surface area contributed by atoms with E-state index >= 15 is 0 Å². The molecular formula is C18H11F7N6O. The molecule has 1 aromatic heterocycles. The number of anilines is 2. The Morgan fingerprint density at radius 2 is 1.66 bits per heavy atom. The van der Waals surface area contributed by atoms with E-state index < -0.39 is 23.9 Å². The predicted octanol–water partition coefficient (Wildman–Crippen LogP) is 5.96. The highest BCUT2D eigenvalue weighted by Gasteiger charge is 2.34. The van der Waals surface area contributed by atoms with Gasteiger partial charge in [0.1, 0.15) is 17.9 Å². The van der Waals surface area contributed by atoms with Gasteiger partial charge >= 0.3 is 12.5 Å². The average molecular weight is 460 g/mol. The van der Waals surface area contributed by atoms with Gasteiger partial charge in [0.25, 0.3) is 5.95 Å². The van der Waals surface area contributed by atoms with Gasteiger partial charge in [-0.1, -0.05) is 12.1 Å². The number of ether oxygens (including phenoxy) is 1. The molecular weight excluding hydrogens is 449 g/mol. The second-order valence-electron chi connectivity index (χ2n) is 6.02. The average Bonchev–Trinajstić information content (AvgIpc) is 2.69. The molecule has 0 fully saturated rings. The number of hydrogen-bond donors (Lipinski definition) is 1. The van der Waals surface area contributed by atoms with Crippen LogP contribution in [0, 0.1) is 5.82 Å². The summed E-state index contributed by atoms with van der Waals surface area (Å²) in [5.41, 5.74) is -1.06. The highest BCUT2D eigenvalue weighted by atomic mass is 19.4. The van der Waals surface area contributed by atoms with Gasteiger partial charge in [-0.05, 0) is 35.9 Å². The molecule has 0 saturated carbocycles. The third kappa shape index (κ3) is 6.58. The third-order valence-corrected chi connectivity index (χ3v) is 3.66. The summed E-state index contributed by atoms with van der Waals surface area (Å²) in [4.78, 5) is 11.3. The van der Waals surface area contributed by atoms with Crippen LogP contribution in [-0.2, 0) is 12.7 Å². The first-order valence-corrected chi connectivity index (χ1v) is 8.54. The van der Waals surface area contributed by atoms with Gasteiger partial charge in [0, 0.05) is 5.69 Å². The first-order chi connectivity index (χ1) is 15.0. The smallest absolute Gasteiger partial charge is 0.406 e. The number of nitrogens with zero attached hydrogens (tertiary/aromatic N) is 5. The van der Waals surface area contributed by atoms with Crippen molar-refractivity contribution in [3.8, 4) is 5.75 Å². The SMILES string of the molecule is Fc1ccc(Nc2ncnc(N=NCc3ccc(OC(F)(F)F)cc3)n2)cc1C(F)(F)F. The monoisotopic (exact) mass is 460 g/mol. The van der Waals surface area contributed by atoms with E-state index in [-0.39, 0.29) is 29.9 Å². The number of aromatic nitrogens is 3. The van der Waals surface area contributed by atoms with Crippen molar-refractivity contribution in [2.75, 3.05) is 5.32 Å². The van der Waals surface area contributed by atoms with Gasteiger partial charge in [-0.3, -0.25) is 0 Å². The lowest BCUT2D eigenvalue weighted by Crippen LogP contribution is -2.16. The van der Waals surface area contributed by atoms with Crippen molar-refractivity contribution in [1.29, 1.82) is 0 Å². The zero-order valence-electron chi connectivity index (χ0n) is 15.6. The Bertz CT molecular complexity index is 1100. The van der Waals surface area contributed by atoms with Crippen LogP contribution in [0.15, 0.2) is 59.0 Å². The summed E-state index contributed by atoms with van der Waals surface area (Å²) in [5, 5.41) is 10.0. The Morgan fingerprint density at radius 1 is 0.938 bits per heavy atom. The van der Waals surface area contributed by atoms with Crippen molar-refractivity contribution in [2.24, 2.45) is 10.2 Å². The molecule has 0 aliphatic heterocycles. The highest BCUT2D eigenvalue weighted by Crippen LogP contribution is 2.33. The Kier molecular flexibility index (Phi) is 6.50. The number of benzene rings is 2. The van der Waals surface area contributed by atoms with Crippen LogP contribution < -0.4 is 10.1 Å². The van der Waals surface area contributed by atoms with E-state index in [0.29, 0.717) is 17.7 Å². The van der Waals surface area contributed by atoms with Crippen molar-refractivity contribution in [2.45, 2.75) is 19.1 Å². The third-order valence-electron chi connectivity index (χ3n) is 3.66. The molecule has 0 saturated heterocycles. The molecule has 7 nitrogen and oxygen atoms in total. The Hall–Kier alpha value is -3.84. The summed E-state index contributed by atoms with van der Waals surface area (Å²) in [6.45, 7) is -0.0202. The van der Waals surface area contributed by atoms with Crippen LogP contribution in [-0.4, -0.2) is 21.3 Å². The molecule has 32 heavy (non-hydrogen) atoms. The van der Waals surface area contributed by atoms with E-state index in [0.717, 1.165) is 24.5 Å². The molecule has 0 aliphatic rings. The van der Waals surface area contributed by atoms with Gasteiger partial charge in [-0.15, -0.1) is 18.3 Å². The molecule has 0 aliphatic carbocycles. The number of nitrogens with one attached hydrogen (secondary N) is 1. The summed E-state index contributed by atoms with van der Waals surface area (Å²) in [7, 11) is 0. The van der Waals surface area contributed by atoms with Crippen LogP contribution in [0.2, 0.25) is 0 Å². The highest BCUT2D eigenvalue weighted by molar-refractivity contribution is 5.55. The van der Waals surface area contributed by atoms with Gasteiger partial charge in [0.15, 0.2) is 0 Å². The lowest BCUT2D eigenvalue weighted by atomic mass is 10.2. The molecule has 0 atom stereocenters. The van der Waals surface area contributed by atoms with E-state index in [1.165, 1.54) is 12.1 Å². The van der Waals surface area contributed by atoms with Gasteiger partial charge in [-0.25, -0.2) is 9.37 Å². The van der Waals surface area contributed by atoms with Gasteiger partial charge in [-0.2, -0.15) is 28.3 Å². The van der Waals surface area contributed by atoms with Crippen molar-refractivity contribution < 1.29 is 35.5 Å². The van der Waals surface area contributed by atoms with Crippen LogP contribution in [0.1, 0.15) is 11.1 Å². The first-order valence-electron chi connectivity index (χ1n) is 8.54. The van der Waals surface area contributed by atoms with Gasteiger partial charge < -0.3 is 10.1 Å². The number of alkyl halides is 6. The summed E-state index contributed by atoms with van der Waals surface area (Å²) >= 11 is 0. The van der Waals surface area contributed by atoms with Gasteiger partial charge in [0.2, 0.25) is 5.95 Å². The van der Waals surface area contributed by atoms with Crippen LogP contribution in [0.25, 0.3) is 0 Å². The number of azo groups is 1. The molecule has 3 rings (SSSR count). The minimum atomic E-state index is -4.88. The molecule has 1 N–H and O–H groups in total. The molecule has 0 bridgehead atoms. The van der Waals surface area contributed by atoms with Crippen LogP contribution in [0.4, 0.5) is 48.3 Å². The van der Waals surface area contributed by atoms with Gasteiger partial charge in [0.05, 0.1) is 12.1 Å². The first kappa shape index (κ1) is 22.8. The van der Waals surface area contributed by atoms with E-state index in [2.05, 4.69) is 35.2 Å². The fourth-order valence-corrected chi connectivity index (χ4v) is 2.32. The summed E-state index contributed by atoms with van der Waals surface area (Å²) in [6.07, 6.45) is -8.65.